The summed E-state index contributed by atoms with van der Waals surface area (Å²) < 4.78 is 7.77. The number of rotatable bonds is 6. The molecule has 4 rings (SSSR count). The predicted molar refractivity (Wildman–Crippen MR) is 129 cm³/mol. The summed E-state index contributed by atoms with van der Waals surface area (Å²) in [6, 6.07) is 19.9. The average molecular weight is 421 g/mol. The predicted octanol–water partition coefficient (Wildman–Crippen LogP) is 6.13. The van der Waals surface area contributed by atoms with Crippen LogP contribution in [0.4, 0.5) is 0 Å². The second kappa shape index (κ2) is 9.32. The van der Waals surface area contributed by atoms with Crippen LogP contribution in [0.25, 0.3) is 16.9 Å². The van der Waals surface area contributed by atoms with Gasteiger partial charge in [-0.1, -0.05) is 38.1 Å². The van der Waals surface area contributed by atoms with Crippen molar-refractivity contribution in [2.75, 3.05) is 31.7 Å². The number of ether oxygens (including phenoxy) is 1. The smallest absolute Gasteiger partial charge is 0.119 e. The van der Waals surface area contributed by atoms with E-state index < -0.39 is 0 Å². The van der Waals surface area contributed by atoms with Gasteiger partial charge >= 0.3 is 0 Å². The summed E-state index contributed by atoms with van der Waals surface area (Å²) in [5.74, 6) is 3.91. The number of hydrogen-bond donors (Lipinski definition) is 0. The van der Waals surface area contributed by atoms with Gasteiger partial charge in [0.15, 0.2) is 0 Å². The molecule has 0 saturated carbocycles. The lowest BCUT2D eigenvalue weighted by atomic mass is 10.0. The fraction of sp³-hybridized carbons (Fsp3) is 0.385. The molecular formula is C26H32N2OS. The molecule has 0 amide bonds. The minimum absolute atomic E-state index is 0.543. The lowest BCUT2D eigenvalue weighted by Crippen LogP contribution is -2.32. The first-order valence-corrected chi connectivity index (χ1v) is 12.0. The summed E-state index contributed by atoms with van der Waals surface area (Å²) in [5, 5.41) is 0. The van der Waals surface area contributed by atoms with Gasteiger partial charge in [-0.25, -0.2) is 0 Å². The third-order valence-electron chi connectivity index (χ3n) is 6.05. The van der Waals surface area contributed by atoms with Gasteiger partial charge in [-0.2, -0.15) is 11.8 Å². The van der Waals surface area contributed by atoms with E-state index >= 15 is 0 Å². The molecule has 0 N–H and O–H groups in total. The highest BCUT2D eigenvalue weighted by atomic mass is 32.2. The van der Waals surface area contributed by atoms with Gasteiger partial charge in [-0.3, -0.25) is 4.90 Å². The van der Waals surface area contributed by atoms with Crippen LogP contribution < -0.4 is 4.74 Å². The number of nitrogens with zero attached hydrogens (tertiary/aromatic N) is 2. The molecule has 1 aromatic heterocycles. The third-order valence-corrected chi connectivity index (χ3v) is 7.00. The van der Waals surface area contributed by atoms with Crippen LogP contribution in [0, 0.1) is 6.92 Å². The van der Waals surface area contributed by atoms with Crippen LogP contribution in [0.2, 0.25) is 0 Å². The zero-order chi connectivity index (χ0) is 21.1. The molecule has 0 atom stereocenters. The maximum atomic E-state index is 5.37. The number of aromatic nitrogens is 1. The molecule has 1 aliphatic rings. The van der Waals surface area contributed by atoms with Crippen molar-refractivity contribution in [1.29, 1.82) is 0 Å². The topological polar surface area (TPSA) is 17.4 Å². The van der Waals surface area contributed by atoms with Crippen LogP contribution >= 0.6 is 11.8 Å². The van der Waals surface area contributed by atoms with Crippen molar-refractivity contribution in [3.05, 3.63) is 71.4 Å². The van der Waals surface area contributed by atoms with Crippen LogP contribution in [0.5, 0.6) is 5.75 Å². The SMILES string of the molecule is COc1ccc(-n2c(-c3ccc(C(C)C)cc3)cc(CN3CCSCC3)c2C)cc1. The van der Waals surface area contributed by atoms with Crippen LogP contribution in [0.15, 0.2) is 54.6 Å². The summed E-state index contributed by atoms with van der Waals surface area (Å²) in [5.41, 5.74) is 7.82. The van der Waals surface area contributed by atoms with E-state index in [9.17, 15) is 0 Å². The number of methoxy groups -OCH3 is 1. The fourth-order valence-electron chi connectivity index (χ4n) is 4.13. The van der Waals surface area contributed by atoms with E-state index in [1.165, 1.54) is 58.4 Å². The summed E-state index contributed by atoms with van der Waals surface area (Å²) in [6.45, 7) is 10.1. The number of benzene rings is 2. The van der Waals surface area contributed by atoms with Gasteiger partial charge in [0.1, 0.15) is 5.75 Å². The summed E-state index contributed by atoms with van der Waals surface area (Å²) in [4.78, 5) is 2.59. The van der Waals surface area contributed by atoms with Gasteiger partial charge in [-0.15, -0.1) is 0 Å². The Hall–Kier alpha value is -2.17. The molecule has 158 valence electrons. The Kier molecular flexibility index (Phi) is 6.55. The second-order valence-electron chi connectivity index (χ2n) is 8.34. The van der Waals surface area contributed by atoms with Crippen molar-refractivity contribution in [3.63, 3.8) is 0 Å². The van der Waals surface area contributed by atoms with Gasteiger partial charge < -0.3 is 9.30 Å². The molecule has 0 spiro atoms. The maximum absolute atomic E-state index is 5.37. The van der Waals surface area contributed by atoms with Crippen molar-refractivity contribution >= 4 is 11.8 Å². The van der Waals surface area contributed by atoms with E-state index in [0.29, 0.717) is 5.92 Å². The minimum Gasteiger partial charge on any atom is -0.497 e. The van der Waals surface area contributed by atoms with Gasteiger partial charge in [-0.05, 0) is 59.9 Å². The van der Waals surface area contributed by atoms with Crippen molar-refractivity contribution in [1.82, 2.24) is 9.47 Å². The van der Waals surface area contributed by atoms with Gasteiger partial charge in [0.05, 0.1) is 12.8 Å². The normalized spacial score (nSPS) is 15.0. The van der Waals surface area contributed by atoms with E-state index in [1.807, 2.05) is 12.1 Å². The quantitative estimate of drug-likeness (QED) is 0.477. The largest absolute Gasteiger partial charge is 0.497 e. The first kappa shape index (κ1) is 21.1. The molecule has 2 heterocycles. The molecule has 30 heavy (non-hydrogen) atoms. The monoisotopic (exact) mass is 420 g/mol. The molecule has 1 aliphatic heterocycles. The molecule has 3 nitrogen and oxygen atoms in total. The Bertz CT molecular complexity index is 968. The number of hydrogen-bond acceptors (Lipinski definition) is 3. The highest BCUT2D eigenvalue weighted by molar-refractivity contribution is 7.99. The van der Waals surface area contributed by atoms with E-state index in [2.05, 4.69) is 84.5 Å². The molecule has 1 saturated heterocycles. The molecule has 0 aliphatic carbocycles. The number of thioether (sulfide) groups is 1. The van der Waals surface area contributed by atoms with Crippen LogP contribution in [0.3, 0.4) is 0 Å². The van der Waals surface area contributed by atoms with Crippen molar-refractivity contribution in [3.8, 4) is 22.7 Å². The Morgan fingerprint density at radius 2 is 1.63 bits per heavy atom. The Morgan fingerprint density at radius 1 is 0.967 bits per heavy atom. The summed E-state index contributed by atoms with van der Waals surface area (Å²) >= 11 is 2.06. The first-order valence-electron chi connectivity index (χ1n) is 10.8. The van der Waals surface area contributed by atoms with Crippen LogP contribution in [-0.4, -0.2) is 41.2 Å². The van der Waals surface area contributed by atoms with E-state index in [0.717, 1.165) is 12.3 Å². The van der Waals surface area contributed by atoms with E-state index in [-0.39, 0.29) is 0 Å². The van der Waals surface area contributed by atoms with Gasteiger partial charge in [0.2, 0.25) is 0 Å². The Morgan fingerprint density at radius 3 is 2.23 bits per heavy atom. The first-order chi connectivity index (χ1) is 14.6. The lowest BCUT2D eigenvalue weighted by molar-refractivity contribution is 0.294. The van der Waals surface area contributed by atoms with Gasteiger partial charge in [0, 0.05) is 42.5 Å². The highest BCUT2D eigenvalue weighted by Crippen LogP contribution is 2.32. The molecule has 4 heteroatoms. The van der Waals surface area contributed by atoms with E-state index in [1.54, 1.807) is 7.11 Å². The molecule has 2 aromatic carbocycles. The Labute approximate surface area is 185 Å². The summed E-state index contributed by atoms with van der Waals surface area (Å²) in [6.07, 6.45) is 0. The molecule has 0 unspecified atom stereocenters. The minimum atomic E-state index is 0.543. The molecule has 0 bridgehead atoms. The van der Waals surface area contributed by atoms with Crippen LogP contribution in [-0.2, 0) is 6.54 Å². The Balaban J connectivity index is 1.76. The van der Waals surface area contributed by atoms with Gasteiger partial charge in [0.25, 0.3) is 0 Å². The zero-order valence-corrected chi connectivity index (χ0v) is 19.3. The second-order valence-corrected chi connectivity index (χ2v) is 9.56. The van der Waals surface area contributed by atoms with Crippen molar-refractivity contribution in [2.24, 2.45) is 0 Å². The molecule has 0 radical (unpaired) electrons. The van der Waals surface area contributed by atoms with Crippen LogP contribution in [0.1, 0.15) is 36.6 Å². The fourth-order valence-corrected chi connectivity index (χ4v) is 5.11. The summed E-state index contributed by atoms with van der Waals surface area (Å²) in [7, 11) is 1.71. The van der Waals surface area contributed by atoms with E-state index in [4.69, 9.17) is 4.74 Å². The standard InChI is InChI=1S/C26H32N2OS/c1-19(2)21-5-7-22(8-6-21)26-17-23(18-27-13-15-30-16-14-27)20(3)28(26)24-9-11-25(29-4)12-10-24/h5-12,17,19H,13-16,18H2,1-4H3. The third kappa shape index (κ3) is 4.45. The highest BCUT2D eigenvalue weighted by Gasteiger charge is 2.18. The van der Waals surface area contributed by atoms with Crippen molar-refractivity contribution < 1.29 is 4.74 Å². The van der Waals surface area contributed by atoms with Crippen molar-refractivity contribution in [2.45, 2.75) is 33.2 Å². The maximum Gasteiger partial charge on any atom is 0.119 e. The molecule has 1 fully saturated rings. The molecular weight excluding hydrogens is 388 g/mol. The molecule has 3 aromatic rings. The zero-order valence-electron chi connectivity index (χ0n) is 18.5. The lowest BCUT2D eigenvalue weighted by Gasteiger charge is -2.26. The average Bonchev–Trinajstić information content (AvgIpc) is 3.10.